The number of hydrogen-bond donors (Lipinski definition) is 0. The first-order chi connectivity index (χ1) is 13.1. The van der Waals surface area contributed by atoms with Gasteiger partial charge in [0, 0.05) is 19.6 Å². The summed E-state index contributed by atoms with van der Waals surface area (Å²) >= 11 is 0. The molecule has 1 aliphatic heterocycles. The minimum Gasteiger partial charge on any atom is -0.491 e. The Kier molecular flexibility index (Phi) is 6.19. The molecule has 1 amide bonds. The van der Waals surface area contributed by atoms with Gasteiger partial charge in [0.05, 0.1) is 5.56 Å². The highest BCUT2D eigenvalue weighted by molar-refractivity contribution is 5.96. The van der Waals surface area contributed by atoms with E-state index in [0.29, 0.717) is 31.0 Å². The highest BCUT2D eigenvalue weighted by Crippen LogP contribution is 2.33. The standard InChI is InChI=1S/C21H26N2O4/c1-4-23(14-16-9-10-19-20(13-16)27-15-26-19)21(24)17-7-5-6-8-18(17)25-12-11-22(2)3/h5-10,13H,4,11-12,14-15H2,1-3H3. The van der Waals surface area contributed by atoms with E-state index >= 15 is 0 Å². The smallest absolute Gasteiger partial charge is 0.257 e. The van der Waals surface area contributed by atoms with Crippen molar-refractivity contribution in [2.24, 2.45) is 0 Å². The zero-order chi connectivity index (χ0) is 19.2. The van der Waals surface area contributed by atoms with Gasteiger partial charge in [-0.3, -0.25) is 4.79 Å². The van der Waals surface area contributed by atoms with Crippen molar-refractivity contribution in [3.8, 4) is 17.2 Å². The number of para-hydroxylation sites is 1. The second-order valence-corrected chi connectivity index (χ2v) is 6.65. The monoisotopic (exact) mass is 370 g/mol. The van der Waals surface area contributed by atoms with E-state index in [1.165, 1.54) is 0 Å². The number of fused-ring (bicyclic) bond motifs is 1. The van der Waals surface area contributed by atoms with Crippen molar-refractivity contribution in [2.75, 3.05) is 40.6 Å². The van der Waals surface area contributed by atoms with E-state index in [2.05, 4.69) is 0 Å². The third-order valence-corrected chi connectivity index (χ3v) is 4.39. The third-order valence-electron chi connectivity index (χ3n) is 4.39. The van der Waals surface area contributed by atoms with Gasteiger partial charge in [-0.2, -0.15) is 0 Å². The molecule has 2 aromatic carbocycles. The highest BCUT2D eigenvalue weighted by Gasteiger charge is 2.20. The second kappa shape index (κ2) is 8.77. The Morgan fingerprint density at radius 1 is 1.11 bits per heavy atom. The fraction of sp³-hybridized carbons (Fsp3) is 0.381. The summed E-state index contributed by atoms with van der Waals surface area (Å²) in [5, 5.41) is 0. The summed E-state index contributed by atoms with van der Waals surface area (Å²) in [6.07, 6.45) is 0. The maximum absolute atomic E-state index is 13.1. The molecule has 0 spiro atoms. The van der Waals surface area contributed by atoms with E-state index < -0.39 is 0 Å². The molecule has 0 bridgehead atoms. The van der Waals surface area contributed by atoms with Gasteiger partial charge in [0.1, 0.15) is 12.4 Å². The molecule has 144 valence electrons. The Balaban J connectivity index is 1.73. The maximum atomic E-state index is 13.1. The Bertz CT molecular complexity index is 792. The lowest BCUT2D eigenvalue weighted by molar-refractivity contribution is 0.0747. The van der Waals surface area contributed by atoms with E-state index in [1.807, 2.05) is 68.4 Å². The van der Waals surface area contributed by atoms with Gasteiger partial charge in [-0.05, 0) is 50.8 Å². The minimum absolute atomic E-state index is 0.0457. The van der Waals surface area contributed by atoms with Crippen molar-refractivity contribution >= 4 is 5.91 Å². The van der Waals surface area contributed by atoms with Crippen LogP contribution in [0, 0.1) is 0 Å². The molecule has 0 aliphatic carbocycles. The van der Waals surface area contributed by atoms with E-state index in [0.717, 1.165) is 23.6 Å². The van der Waals surface area contributed by atoms with Crippen molar-refractivity contribution in [1.29, 1.82) is 0 Å². The van der Waals surface area contributed by atoms with Gasteiger partial charge in [0.25, 0.3) is 5.91 Å². The molecule has 0 saturated carbocycles. The summed E-state index contributed by atoms with van der Waals surface area (Å²) in [5.41, 5.74) is 1.58. The van der Waals surface area contributed by atoms with E-state index in [-0.39, 0.29) is 12.7 Å². The number of rotatable bonds is 8. The van der Waals surface area contributed by atoms with Crippen LogP contribution >= 0.6 is 0 Å². The number of carbonyl (C=O) groups is 1. The topological polar surface area (TPSA) is 51.2 Å². The molecule has 1 heterocycles. The van der Waals surface area contributed by atoms with E-state index in [1.54, 1.807) is 4.90 Å². The molecule has 0 atom stereocenters. The summed E-state index contributed by atoms with van der Waals surface area (Å²) in [5.74, 6) is 2.04. The van der Waals surface area contributed by atoms with Crippen LogP contribution in [-0.2, 0) is 6.54 Å². The predicted octanol–water partition coefficient (Wildman–Crippen LogP) is 3.02. The molecule has 0 saturated heterocycles. The number of amides is 1. The molecule has 0 fully saturated rings. The number of benzene rings is 2. The van der Waals surface area contributed by atoms with Crippen molar-refractivity contribution in [3.05, 3.63) is 53.6 Å². The predicted molar refractivity (Wildman–Crippen MR) is 103 cm³/mol. The van der Waals surface area contributed by atoms with Gasteiger partial charge in [-0.25, -0.2) is 0 Å². The third kappa shape index (κ3) is 4.71. The van der Waals surface area contributed by atoms with Crippen LogP contribution in [-0.4, -0.2) is 56.3 Å². The van der Waals surface area contributed by atoms with Gasteiger partial charge in [-0.15, -0.1) is 0 Å². The maximum Gasteiger partial charge on any atom is 0.257 e. The SMILES string of the molecule is CCN(Cc1ccc2c(c1)OCO2)C(=O)c1ccccc1OCCN(C)C. The first-order valence-electron chi connectivity index (χ1n) is 9.13. The molecule has 0 radical (unpaired) electrons. The molecule has 0 aromatic heterocycles. The number of ether oxygens (including phenoxy) is 3. The first-order valence-corrected chi connectivity index (χ1v) is 9.13. The lowest BCUT2D eigenvalue weighted by atomic mass is 10.1. The largest absolute Gasteiger partial charge is 0.491 e. The van der Waals surface area contributed by atoms with Gasteiger partial charge >= 0.3 is 0 Å². The number of hydrogen-bond acceptors (Lipinski definition) is 5. The normalized spacial score (nSPS) is 12.3. The Morgan fingerprint density at radius 3 is 2.67 bits per heavy atom. The van der Waals surface area contributed by atoms with E-state index in [9.17, 15) is 4.79 Å². The number of nitrogens with zero attached hydrogens (tertiary/aromatic N) is 2. The molecular formula is C21H26N2O4. The van der Waals surface area contributed by atoms with Crippen molar-refractivity contribution < 1.29 is 19.0 Å². The Labute approximate surface area is 160 Å². The van der Waals surface area contributed by atoms with Crippen LogP contribution < -0.4 is 14.2 Å². The van der Waals surface area contributed by atoms with Crippen LogP contribution in [0.25, 0.3) is 0 Å². The highest BCUT2D eigenvalue weighted by atomic mass is 16.7. The van der Waals surface area contributed by atoms with Crippen LogP contribution in [0.3, 0.4) is 0 Å². The molecule has 1 aliphatic rings. The summed E-state index contributed by atoms with van der Waals surface area (Å²) in [7, 11) is 3.98. The number of carbonyl (C=O) groups excluding carboxylic acids is 1. The van der Waals surface area contributed by atoms with Crippen LogP contribution in [0.5, 0.6) is 17.2 Å². The zero-order valence-electron chi connectivity index (χ0n) is 16.1. The molecule has 0 N–H and O–H groups in total. The summed E-state index contributed by atoms with van der Waals surface area (Å²) < 4.78 is 16.6. The van der Waals surface area contributed by atoms with Gasteiger partial charge in [0.15, 0.2) is 11.5 Å². The minimum atomic E-state index is -0.0457. The Hall–Kier alpha value is -2.73. The molecule has 2 aromatic rings. The van der Waals surface area contributed by atoms with E-state index in [4.69, 9.17) is 14.2 Å². The van der Waals surface area contributed by atoms with Crippen molar-refractivity contribution in [2.45, 2.75) is 13.5 Å². The molecule has 6 nitrogen and oxygen atoms in total. The molecule has 27 heavy (non-hydrogen) atoms. The zero-order valence-corrected chi connectivity index (χ0v) is 16.1. The summed E-state index contributed by atoms with van der Waals surface area (Å²) in [4.78, 5) is 17.0. The summed E-state index contributed by atoms with van der Waals surface area (Å²) in [6, 6.07) is 13.2. The average molecular weight is 370 g/mol. The molecule has 0 unspecified atom stereocenters. The van der Waals surface area contributed by atoms with Crippen molar-refractivity contribution in [1.82, 2.24) is 9.80 Å². The van der Waals surface area contributed by atoms with Gasteiger partial charge in [0.2, 0.25) is 6.79 Å². The fourth-order valence-electron chi connectivity index (χ4n) is 2.86. The fourth-order valence-corrected chi connectivity index (χ4v) is 2.86. The average Bonchev–Trinajstić information content (AvgIpc) is 3.13. The molecular weight excluding hydrogens is 344 g/mol. The van der Waals surface area contributed by atoms with Crippen molar-refractivity contribution in [3.63, 3.8) is 0 Å². The summed E-state index contributed by atoms with van der Waals surface area (Å²) in [6.45, 7) is 4.63. The van der Waals surface area contributed by atoms with Crippen LogP contribution in [0.4, 0.5) is 0 Å². The lowest BCUT2D eigenvalue weighted by Crippen LogP contribution is -2.31. The quantitative estimate of drug-likeness (QED) is 0.715. The van der Waals surface area contributed by atoms with Crippen LogP contribution in [0.1, 0.15) is 22.8 Å². The van der Waals surface area contributed by atoms with Gasteiger partial charge in [-0.1, -0.05) is 18.2 Å². The molecule has 6 heteroatoms. The van der Waals surface area contributed by atoms with Crippen LogP contribution in [0.2, 0.25) is 0 Å². The second-order valence-electron chi connectivity index (χ2n) is 6.65. The molecule has 3 rings (SSSR count). The van der Waals surface area contributed by atoms with Gasteiger partial charge < -0.3 is 24.0 Å². The van der Waals surface area contributed by atoms with Crippen LogP contribution in [0.15, 0.2) is 42.5 Å². The first kappa shape index (κ1) is 19.0. The number of likely N-dealkylation sites (N-methyl/N-ethyl adjacent to an activating group) is 1. The lowest BCUT2D eigenvalue weighted by Gasteiger charge is -2.23. The Morgan fingerprint density at radius 2 is 1.89 bits per heavy atom.